The summed E-state index contributed by atoms with van der Waals surface area (Å²) in [6, 6.07) is 1.51. The third kappa shape index (κ3) is 2.68. The number of aliphatic hydroxyl groups excluding tert-OH is 1. The molecule has 6 heteroatoms. The molecule has 0 aliphatic carbocycles. The summed E-state index contributed by atoms with van der Waals surface area (Å²) in [5.74, 6) is -0.522. The van der Waals surface area contributed by atoms with Gasteiger partial charge in [-0.3, -0.25) is 0 Å². The zero-order valence-electron chi connectivity index (χ0n) is 12.6. The molecule has 1 aliphatic heterocycles. The Balaban J connectivity index is 2.09. The van der Waals surface area contributed by atoms with Gasteiger partial charge in [-0.15, -0.1) is 0 Å². The van der Waals surface area contributed by atoms with Crippen LogP contribution in [0, 0.1) is 5.82 Å². The average Bonchev–Trinajstić information content (AvgIpc) is 2.96. The Bertz CT molecular complexity index is 664. The van der Waals surface area contributed by atoms with Crippen molar-refractivity contribution in [1.29, 1.82) is 0 Å². The van der Waals surface area contributed by atoms with Crippen LogP contribution in [-0.4, -0.2) is 28.1 Å². The second-order valence-corrected chi connectivity index (χ2v) is 6.51. The lowest BCUT2D eigenvalue weighted by Gasteiger charge is -2.24. The molecule has 1 fully saturated rings. The first kappa shape index (κ1) is 15.9. The largest absolute Gasteiger partial charge is 0.396 e. The number of benzene rings is 1. The van der Waals surface area contributed by atoms with E-state index in [2.05, 4.69) is 21.0 Å². The number of hydrogen-bond donors (Lipinski definition) is 1. The summed E-state index contributed by atoms with van der Waals surface area (Å²) in [5.41, 5.74) is 1.26. The first-order valence-corrected chi connectivity index (χ1v) is 8.54. The van der Waals surface area contributed by atoms with E-state index < -0.39 is 0 Å². The van der Waals surface area contributed by atoms with Gasteiger partial charge in [-0.05, 0) is 41.6 Å². The van der Waals surface area contributed by atoms with Gasteiger partial charge in [0.2, 0.25) is 0 Å². The van der Waals surface area contributed by atoms with Gasteiger partial charge in [-0.1, -0.05) is 6.92 Å². The lowest BCUT2D eigenvalue weighted by atomic mass is 9.95. The third-order valence-corrected chi connectivity index (χ3v) is 5.23. The van der Waals surface area contributed by atoms with Crippen LogP contribution in [0.3, 0.4) is 0 Å². The van der Waals surface area contributed by atoms with E-state index in [1.165, 1.54) is 6.07 Å². The van der Waals surface area contributed by atoms with Crippen molar-refractivity contribution < 1.29 is 14.2 Å². The highest BCUT2D eigenvalue weighted by Crippen LogP contribution is 2.37. The highest BCUT2D eigenvalue weighted by Gasteiger charge is 2.24. The Morgan fingerprint density at radius 3 is 3.00 bits per heavy atom. The molecule has 4 nitrogen and oxygen atoms in total. The topological polar surface area (TPSA) is 47.3 Å². The van der Waals surface area contributed by atoms with Gasteiger partial charge in [0.25, 0.3) is 0 Å². The standard InChI is InChI=1S/C16H20BrFN2O2/c1-2-10(9-21)15-12(18)7-13-11(16(15)17)8-19-20(13)14-5-3-4-6-22-14/h7-8,10,14,21H,2-6,9H2,1H3. The Kier molecular flexibility index (Phi) is 4.80. The number of ether oxygens (including phenoxy) is 1. The minimum absolute atomic E-state index is 0.0720. The fraction of sp³-hybridized carbons (Fsp3) is 0.562. The van der Waals surface area contributed by atoms with Crippen LogP contribution in [0.5, 0.6) is 0 Å². The summed E-state index contributed by atoms with van der Waals surface area (Å²) in [7, 11) is 0. The molecule has 1 N–H and O–H groups in total. The van der Waals surface area contributed by atoms with Crippen molar-refractivity contribution in [2.75, 3.05) is 13.2 Å². The minimum Gasteiger partial charge on any atom is -0.396 e. The van der Waals surface area contributed by atoms with Gasteiger partial charge in [-0.25, -0.2) is 9.07 Å². The summed E-state index contributed by atoms with van der Waals surface area (Å²) in [6.45, 7) is 2.59. The van der Waals surface area contributed by atoms with Crippen LogP contribution in [0.4, 0.5) is 4.39 Å². The van der Waals surface area contributed by atoms with Crippen LogP contribution >= 0.6 is 15.9 Å². The van der Waals surface area contributed by atoms with Crippen LogP contribution in [0.1, 0.15) is 50.3 Å². The second kappa shape index (κ2) is 6.64. The molecular weight excluding hydrogens is 351 g/mol. The number of rotatable bonds is 4. The number of fused-ring (bicyclic) bond motifs is 1. The molecule has 1 aromatic carbocycles. The van der Waals surface area contributed by atoms with Crippen LogP contribution < -0.4 is 0 Å². The maximum absolute atomic E-state index is 14.6. The number of nitrogens with zero attached hydrogens (tertiary/aromatic N) is 2. The van der Waals surface area contributed by atoms with E-state index in [4.69, 9.17) is 4.74 Å². The Morgan fingerprint density at radius 1 is 1.55 bits per heavy atom. The van der Waals surface area contributed by atoms with Gasteiger partial charge in [0.05, 0.1) is 18.3 Å². The molecule has 2 aromatic rings. The summed E-state index contributed by atoms with van der Waals surface area (Å²) in [4.78, 5) is 0. The Hall–Kier alpha value is -0.980. The molecule has 1 aliphatic rings. The zero-order chi connectivity index (χ0) is 15.7. The van der Waals surface area contributed by atoms with Crippen molar-refractivity contribution >= 4 is 26.8 Å². The van der Waals surface area contributed by atoms with E-state index >= 15 is 0 Å². The molecule has 3 rings (SSSR count). The maximum Gasteiger partial charge on any atom is 0.150 e. The second-order valence-electron chi connectivity index (χ2n) is 5.72. The lowest BCUT2D eigenvalue weighted by Crippen LogP contribution is -2.19. The fourth-order valence-corrected chi connectivity index (χ4v) is 3.90. The van der Waals surface area contributed by atoms with Gasteiger partial charge in [0, 0.05) is 34.0 Å². The van der Waals surface area contributed by atoms with Gasteiger partial charge < -0.3 is 9.84 Å². The van der Waals surface area contributed by atoms with Crippen LogP contribution in [0.15, 0.2) is 16.7 Å². The minimum atomic E-state index is -0.308. The molecule has 0 saturated carbocycles. The normalized spacial score (nSPS) is 20.5. The number of halogens is 2. The van der Waals surface area contributed by atoms with Crippen LogP contribution in [-0.2, 0) is 4.74 Å². The number of aromatic nitrogens is 2. The van der Waals surface area contributed by atoms with Crippen molar-refractivity contribution in [3.63, 3.8) is 0 Å². The van der Waals surface area contributed by atoms with Crippen molar-refractivity contribution in [3.8, 4) is 0 Å². The maximum atomic E-state index is 14.6. The lowest BCUT2D eigenvalue weighted by molar-refractivity contribution is -0.0366. The predicted octanol–water partition coefficient (Wildman–Crippen LogP) is 4.12. The molecule has 1 aromatic heterocycles. The smallest absolute Gasteiger partial charge is 0.150 e. The van der Waals surface area contributed by atoms with Gasteiger partial charge in [0.1, 0.15) is 5.82 Å². The highest BCUT2D eigenvalue weighted by atomic mass is 79.9. The highest BCUT2D eigenvalue weighted by molar-refractivity contribution is 9.10. The molecule has 1 saturated heterocycles. The van der Waals surface area contributed by atoms with E-state index in [0.29, 0.717) is 16.5 Å². The summed E-state index contributed by atoms with van der Waals surface area (Å²) in [6.07, 6.45) is 5.35. The molecule has 2 unspecified atom stereocenters. The number of aliphatic hydroxyl groups is 1. The Labute approximate surface area is 137 Å². The molecule has 22 heavy (non-hydrogen) atoms. The van der Waals surface area contributed by atoms with Gasteiger partial charge in [-0.2, -0.15) is 5.10 Å². The fourth-order valence-electron chi connectivity index (χ4n) is 3.08. The molecule has 2 atom stereocenters. The number of hydrogen-bond acceptors (Lipinski definition) is 3. The molecule has 2 heterocycles. The van der Waals surface area contributed by atoms with E-state index in [9.17, 15) is 9.50 Å². The molecule has 0 spiro atoms. The van der Waals surface area contributed by atoms with Gasteiger partial charge >= 0.3 is 0 Å². The van der Waals surface area contributed by atoms with Crippen molar-refractivity contribution in [1.82, 2.24) is 9.78 Å². The zero-order valence-corrected chi connectivity index (χ0v) is 14.1. The summed E-state index contributed by atoms with van der Waals surface area (Å²) >= 11 is 3.51. The summed E-state index contributed by atoms with van der Waals surface area (Å²) < 4.78 is 22.8. The van der Waals surface area contributed by atoms with Crippen LogP contribution in [0.25, 0.3) is 10.9 Å². The van der Waals surface area contributed by atoms with Crippen molar-refractivity contribution in [2.45, 2.75) is 44.8 Å². The first-order valence-electron chi connectivity index (χ1n) is 7.75. The van der Waals surface area contributed by atoms with E-state index in [-0.39, 0.29) is 24.6 Å². The first-order chi connectivity index (χ1) is 10.7. The van der Waals surface area contributed by atoms with Crippen LogP contribution in [0.2, 0.25) is 0 Å². The van der Waals surface area contributed by atoms with E-state index in [1.54, 1.807) is 10.9 Å². The molecular formula is C16H20BrFN2O2. The van der Waals surface area contributed by atoms with E-state index in [1.807, 2.05) is 6.92 Å². The monoisotopic (exact) mass is 370 g/mol. The SMILES string of the molecule is CCC(CO)c1c(F)cc2c(cnn2C2CCCCO2)c1Br. The quantitative estimate of drug-likeness (QED) is 0.880. The van der Waals surface area contributed by atoms with Gasteiger partial charge in [0.15, 0.2) is 6.23 Å². The predicted molar refractivity (Wildman–Crippen MR) is 86.3 cm³/mol. The third-order valence-electron chi connectivity index (χ3n) is 4.38. The average molecular weight is 371 g/mol. The molecule has 0 radical (unpaired) electrons. The molecule has 0 amide bonds. The van der Waals surface area contributed by atoms with E-state index in [0.717, 1.165) is 36.8 Å². The van der Waals surface area contributed by atoms with Crippen molar-refractivity contribution in [3.05, 3.63) is 28.1 Å². The molecule has 120 valence electrons. The summed E-state index contributed by atoms with van der Waals surface area (Å²) in [5, 5.41) is 14.7. The molecule has 0 bridgehead atoms. The Morgan fingerprint density at radius 2 is 2.36 bits per heavy atom. The van der Waals surface area contributed by atoms with Crippen molar-refractivity contribution in [2.24, 2.45) is 0 Å².